The van der Waals surface area contributed by atoms with Gasteiger partial charge in [0.05, 0.1) is 19.4 Å². The van der Waals surface area contributed by atoms with Crippen molar-refractivity contribution in [3.8, 4) is 0 Å². The minimum absolute atomic E-state index is 0.0206. The van der Waals surface area contributed by atoms with Gasteiger partial charge in [0.2, 0.25) is 11.4 Å². The highest BCUT2D eigenvalue weighted by Crippen LogP contribution is 2.47. The van der Waals surface area contributed by atoms with Crippen LogP contribution in [0.25, 0.3) is 0 Å². The third-order valence-corrected chi connectivity index (χ3v) is 6.56. The van der Waals surface area contributed by atoms with E-state index in [0.717, 1.165) is 0 Å². The topological polar surface area (TPSA) is 139 Å². The number of rotatable bonds is 12. The highest BCUT2D eigenvalue weighted by molar-refractivity contribution is 7.51. The van der Waals surface area contributed by atoms with E-state index in [0.29, 0.717) is 24.0 Å². The highest BCUT2D eigenvalue weighted by atomic mass is 31.2. The molecule has 0 bridgehead atoms. The molecule has 0 heterocycles. The number of benzene rings is 1. The molecule has 10 heteroatoms. The Kier molecular flexibility index (Phi) is 10.1. The summed E-state index contributed by atoms with van der Waals surface area (Å²) in [5, 5.41) is 2.43. The van der Waals surface area contributed by atoms with Gasteiger partial charge in [0, 0.05) is 18.8 Å². The van der Waals surface area contributed by atoms with Crippen LogP contribution in [-0.2, 0) is 40.3 Å². The van der Waals surface area contributed by atoms with Gasteiger partial charge in [-0.2, -0.15) is 0 Å². The lowest BCUT2D eigenvalue weighted by atomic mass is 9.73. The Morgan fingerprint density at radius 1 is 0.969 bits per heavy atom. The van der Waals surface area contributed by atoms with E-state index >= 15 is 0 Å². The van der Waals surface area contributed by atoms with Crippen molar-refractivity contribution in [1.29, 1.82) is 0 Å². The number of hydrogen-bond acceptors (Lipinski definition) is 6. The Bertz CT molecular complexity index is 841. The summed E-state index contributed by atoms with van der Waals surface area (Å²) >= 11 is 0. The summed E-state index contributed by atoms with van der Waals surface area (Å²) in [7, 11) is -4.39. The van der Waals surface area contributed by atoms with E-state index in [-0.39, 0.29) is 19.6 Å². The molecule has 32 heavy (non-hydrogen) atoms. The SMILES string of the molecule is CCOC(=O)C(Cc1ccccc1C(CC)(CC)CP(=O)(O)O)(NC(C)=O)C(=O)OCC. The molecule has 0 saturated carbocycles. The van der Waals surface area contributed by atoms with Crippen LogP contribution >= 0.6 is 7.60 Å². The van der Waals surface area contributed by atoms with E-state index in [9.17, 15) is 28.7 Å². The lowest BCUT2D eigenvalue weighted by Gasteiger charge is -2.36. The fourth-order valence-corrected chi connectivity index (χ4v) is 5.40. The van der Waals surface area contributed by atoms with Gasteiger partial charge in [0.25, 0.3) is 0 Å². The molecule has 0 spiro atoms. The Morgan fingerprint density at radius 2 is 1.47 bits per heavy atom. The fourth-order valence-electron chi connectivity index (χ4n) is 3.99. The van der Waals surface area contributed by atoms with Gasteiger partial charge in [-0.1, -0.05) is 38.1 Å². The first-order valence-corrected chi connectivity index (χ1v) is 12.5. The van der Waals surface area contributed by atoms with Crippen molar-refractivity contribution in [1.82, 2.24) is 5.32 Å². The molecule has 0 aromatic heterocycles. The number of amides is 1. The second-order valence-corrected chi connectivity index (χ2v) is 9.32. The van der Waals surface area contributed by atoms with Gasteiger partial charge in [-0.3, -0.25) is 9.36 Å². The van der Waals surface area contributed by atoms with Crippen molar-refractivity contribution in [3.63, 3.8) is 0 Å². The number of ether oxygens (including phenoxy) is 2. The van der Waals surface area contributed by atoms with E-state index in [1.807, 2.05) is 13.8 Å². The van der Waals surface area contributed by atoms with Crippen LogP contribution in [0.15, 0.2) is 24.3 Å². The summed E-state index contributed by atoms with van der Waals surface area (Å²) in [6, 6.07) is 6.82. The molecule has 1 aromatic carbocycles. The zero-order valence-corrected chi connectivity index (χ0v) is 20.2. The van der Waals surface area contributed by atoms with Crippen LogP contribution in [-0.4, -0.2) is 52.5 Å². The van der Waals surface area contributed by atoms with Crippen LogP contribution in [0, 0.1) is 0 Å². The maximum Gasteiger partial charge on any atom is 0.344 e. The Balaban J connectivity index is 3.74. The van der Waals surface area contributed by atoms with E-state index in [2.05, 4.69) is 5.32 Å². The van der Waals surface area contributed by atoms with E-state index < -0.39 is 42.6 Å². The van der Waals surface area contributed by atoms with Crippen LogP contribution < -0.4 is 5.32 Å². The molecular formula is C22H34NO8P. The van der Waals surface area contributed by atoms with Gasteiger partial charge in [0.1, 0.15) is 0 Å². The van der Waals surface area contributed by atoms with Crippen molar-refractivity contribution in [2.75, 3.05) is 19.4 Å². The summed E-state index contributed by atoms with van der Waals surface area (Å²) in [4.78, 5) is 57.5. The van der Waals surface area contributed by atoms with Crippen molar-refractivity contribution in [2.24, 2.45) is 0 Å². The summed E-state index contributed by atoms with van der Waals surface area (Å²) in [6.45, 7) is 7.95. The Hall–Kier alpha value is -2.22. The number of esters is 2. The molecule has 0 radical (unpaired) electrons. The third-order valence-electron chi connectivity index (χ3n) is 5.54. The van der Waals surface area contributed by atoms with E-state index in [1.165, 1.54) is 6.92 Å². The molecule has 0 aliphatic heterocycles. The summed E-state index contributed by atoms with van der Waals surface area (Å²) < 4.78 is 22.2. The zero-order valence-electron chi connectivity index (χ0n) is 19.3. The molecule has 1 aromatic rings. The molecule has 0 aliphatic rings. The average Bonchev–Trinajstić information content (AvgIpc) is 2.71. The first kappa shape index (κ1) is 27.8. The number of carbonyl (C=O) groups is 3. The lowest BCUT2D eigenvalue weighted by Crippen LogP contribution is -2.62. The van der Waals surface area contributed by atoms with Crippen molar-refractivity contribution < 1.29 is 38.2 Å². The monoisotopic (exact) mass is 471 g/mol. The van der Waals surface area contributed by atoms with Crippen molar-refractivity contribution in [2.45, 2.75) is 64.8 Å². The highest BCUT2D eigenvalue weighted by Gasteiger charge is 2.51. The average molecular weight is 471 g/mol. The first-order valence-electron chi connectivity index (χ1n) is 10.7. The van der Waals surface area contributed by atoms with Crippen LogP contribution in [0.4, 0.5) is 0 Å². The molecule has 9 nitrogen and oxygen atoms in total. The summed E-state index contributed by atoms with van der Waals surface area (Å²) in [6.07, 6.45) is 0.147. The molecular weight excluding hydrogens is 437 g/mol. The van der Waals surface area contributed by atoms with Gasteiger partial charge in [-0.15, -0.1) is 0 Å². The molecule has 1 rings (SSSR count). The Labute approximate surface area is 189 Å². The zero-order chi connectivity index (χ0) is 24.6. The van der Waals surface area contributed by atoms with Crippen LogP contribution in [0.5, 0.6) is 0 Å². The minimum Gasteiger partial charge on any atom is -0.464 e. The molecule has 180 valence electrons. The minimum atomic E-state index is -4.39. The van der Waals surface area contributed by atoms with Crippen LogP contribution in [0.2, 0.25) is 0 Å². The number of carbonyl (C=O) groups excluding carboxylic acids is 3. The quantitative estimate of drug-likeness (QED) is 0.240. The van der Waals surface area contributed by atoms with Crippen molar-refractivity contribution in [3.05, 3.63) is 35.4 Å². The predicted octanol–water partition coefficient (Wildman–Crippen LogP) is 2.47. The van der Waals surface area contributed by atoms with E-state index in [1.54, 1.807) is 38.1 Å². The third kappa shape index (κ3) is 6.64. The maximum atomic E-state index is 13.0. The molecule has 0 aliphatic carbocycles. The molecule has 0 fully saturated rings. The van der Waals surface area contributed by atoms with Crippen LogP contribution in [0.3, 0.4) is 0 Å². The normalized spacial score (nSPS) is 12.2. The standard InChI is InChI=1S/C22H34NO8P/c1-6-21(7-2,15-32(27,28)29)18-13-11-10-12-17(18)14-22(23-16(5)24,19(25)30-8-3)20(26)31-9-4/h10-13H,6-9,14-15H2,1-5H3,(H,23,24)(H2,27,28,29). The van der Waals surface area contributed by atoms with Crippen molar-refractivity contribution >= 4 is 25.4 Å². The smallest absolute Gasteiger partial charge is 0.344 e. The largest absolute Gasteiger partial charge is 0.464 e. The number of hydrogen-bond donors (Lipinski definition) is 3. The second-order valence-electron chi connectivity index (χ2n) is 7.67. The number of nitrogens with one attached hydrogen (secondary N) is 1. The lowest BCUT2D eigenvalue weighted by molar-refractivity contribution is -0.168. The van der Waals surface area contributed by atoms with Crippen LogP contribution in [0.1, 0.15) is 58.6 Å². The van der Waals surface area contributed by atoms with Gasteiger partial charge < -0.3 is 24.6 Å². The fraction of sp³-hybridized carbons (Fsp3) is 0.591. The maximum absolute atomic E-state index is 13.0. The molecule has 0 atom stereocenters. The Morgan fingerprint density at radius 3 is 1.88 bits per heavy atom. The molecule has 0 unspecified atom stereocenters. The van der Waals surface area contributed by atoms with Gasteiger partial charge in [-0.25, -0.2) is 9.59 Å². The van der Waals surface area contributed by atoms with Gasteiger partial charge in [-0.05, 0) is 37.8 Å². The molecule has 1 amide bonds. The van der Waals surface area contributed by atoms with Gasteiger partial charge in [0.15, 0.2) is 0 Å². The predicted molar refractivity (Wildman–Crippen MR) is 119 cm³/mol. The molecule has 3 N–H and O–H groups in total. The molecule has 0 saturated heterocycles. The second kappa shape index (κ2) is 11.6. The summed E-state index contributed by atoms with van der Waals surface area (Å²) in [5.41, 5.74) is -1.96. The van der Waals surface area contributed by atoms with E-state index in [4.69, 9.17) is 9.47 Å². The summed E-state index contributed by atoms with van der Waals surface area (Å²) in [5.74, 6) is -2.55. The van der Waals surface area contributed by atoms with Gasteiger partial charge >= 0.3 is 19.5 Å². The first-order chi connectivity index (χ1) is 14.9.